The van der Waals surface area contributed by atoms with Crippen molar-refractivity contribution in [2.45, 2.75) is 19.9 Å². The van der Waals surface area contributed by atoms with E-state index in [1.54, 1.807) is 12.1 Å². The smallest absolute Gasteiger partial charge is 0.253 e. The number of nitrogens with one attached hydrogen (secondary N) is 1. The van der Waals surface area contributed by atoms with E-state index < -0.39 is 0 Å². The minimum atomic E-state index is 0.0955. The van der Waals surface area contributed by atoms with Gasteiger partial charge in [0, 0.05) is 36.3 Å². The highest BCUT2D eigenvalue weighted by atomic mass is 35.5. The molecule has 0 aliphatic carbocycles. The van der Waals surface area contributed by atoms with Crippen molar-refractivity contribution in [1.29, 1.82) is 0 Å². The van der Waals surface area contributed by atoms with E-state index in [1.165, 1.54) is 0 Å². The van der Waals surface area contributed by atoms with Gasteiger partial charge in [-0.25, -0.2) is 0 Å². The van der Waals surface area contributed by atoms with E-state index in [4.69, 9.17) is 11.6 Å². The molecule has 0 saturated carbocycles. The van der Waals surface area contributed by atoms with Gasteiger partial charge in [-0.15, -0.1) is 0 Å². The van der Waals surface area contributed by atoms with Crippen molar-refractivity contribution in [3.05, 3.63) is 34.3 Å². The quantitative estimate of drug-likeness (QED) is 0.830. The largest absolute Gasteiger partial charge is 0.336 e. The highest BCUT2D eigenvalue weighted by Gasteiger charge is 2.21. The molecule has 1 fully saturated rings. The van der Waals surface area contributed by atoms with Crippen LogP contribution in [0.15, 0.2) is 18.2 Å². The number of hydrogen-bond acceptors (Lipinski definition) is 2. The molecule has 1 unspecified atom stereocenters. The first-order valence-electron chi connectivity index (χ1n) is 5.87. The minimum Gasteiger partial charge on any atom is -0.336 e. The zero-order chi connectivity index (χ0) is 12.4. The lowest BCUT2D eigenvalue weighted by Crippen LogP contribution is -2.51. The number of aryl methyl sites for hydroxylation is 1. The molecule has 1 N–H and O–H groups in total. The lowest BCUT2D eigenvalue weighted by molar-refractivity contribution is 0.0709. The summed E-state index contributed by atoms with van der Waals surface area (Å²) in [7, 11) is 0. The number of carbonyl (C=O) groups is 1. The molecule has 0 aromatic heterocycles. The highest BCUT2D eigenvalue weighted by Crippen LogP contribution is 2.17. The summed E-state index contributed by atoms with van der Waals surface area (Å²) < 4.78 is 0. The maximum absolute atomic E-state index is 12.3. The van der Waals surface area contributed by atoms with E-state index in [0.717, 1.165) is 30.8 Å². The molecule has 2 rings (SSSR count). The van der Waals surface area contributed by atoms with Crippen LogP contribution in [0.2, 0.25) is 5.02 Å². The predicted molar refractivity (Wildman–Crippen MR) is 69.6 cm³/mol. The summed E-state index contributed by atoms with van der Waals surface area (Å²) in [6, 6.07) is 5.80. The number of nitrogens with zero attached hydrogens (tertiary/aromatic N) is 1. The average Bonchev–Trinajstić information content (AvgIpc) is 2.32. The van der Waals surface area contributed by atoms with E-state index >= 15 is 0 Å². The van der Waals surface area contributed by atoms with E-state index in [9.17, 15) is 4.79 Å². The van der Waals surface area contributed by atoms with Crippen LogP contribution >= 0.6 is 11.6 Å². The number of benzene rings is 1. The summed E-state index contributed by atoms with van der Waals surface area (Å²) in [5.41, 5.74) is 1.67. The van der Waals surface area contributed by atoms with Crippen LogP contribution in [0.5, 0.6) is 0 Å². The second-order valence-corrected chi connectivity index (χ2v) is 4.98. The fraction of sp³-hybridized carbons (Fsp3) is 0.462. The van der Waals surface area contributed by atoms with Crippen molar-refractivity contribution >= 4 is 17.5 Å². The lowest BCUT2D eigenvalue weighted by atomic mass is 10.1. The Balaban J connectivity index is 2.15. The molecule has 0 radical (unpaired) electrons. The minimum absolute atomic E-state index is 0.0955. The van der Waals surface area contributed by atoms with Crippen molar-refractivity contribution in [3.8, 4) is 0 Å². The maximum atomic E-state index is 12.3. The molecule has 1 aromatic rings. The van der Waals surface area contributed by atoms with E-state index in [1.807, 2.05) is 17.9 Å². The average molecular weight is 253 g/mol. The fourth-order valence-corrected chi connectivity index (χ4v) is 2.19. The summed E-state index contributed by atoms with van der Waals surface area (Å²) in [6.07, 6.45) is 0. The molecule has 1 aromatic carbocycles. The van der Waals surface area contributed by atoms with E-state index in [0.29, 0.717) is 11.1 Å². The van der Waals surface area contributed by atoms with Gasteiger partial charge in [-0.3, -0.25) is 4.79 Å². The molecular weight excluding hydrogens is 236 g/mol. The molecule has 0 bridgehead atoms. The first kappa shape index (κ1) is 12.4. The van der Waals surface area contributed by atoms with Crippen LogP contribution < -0.4 is 5.32 Å². The summed E-state index contributed by atoms with van der Waals surface area (Å²) in [6.45, 7) is 6.40. The first-order chi connectivity index (χ1) is 8.08. The van der Waals surface area contributed by atoms with Gasteiger partial charge in [0.2, 0.25) is 0 Å². The van der Waals surface area contributed by atoms with E-state index in [2.05, 4.69) is 12.2 Å². The fourth-order valence-electron chi connectivity index (χ4n) is 2.08. The Kier molecular flexibility index (Phi) is 3.69. The Bertz CT molecular complexity index is 433. The molecular formula is C13H17ClN2O. The van der Waals surface area contributed by atoms with E-state index in [-0.39, 0.29) is 5.91 Å². The topological polar surface area (TPSA) is 32.3 Å². The highest BCUT2D eigenvalue weighted by molar-refractivity contribution is 6.31. The SMILES string of the molecule is Cc1cc(C(=O)N2CCNC(C)C2)ccc1Cl. The van der Waals surface area contributed by atoms with Crippen LogP contribution in [0.1, 0.15) is 22.8 Å². The summed E-state index contributed by atoms with van der Waals surface area (Å²) >= 11 is 5.96. The third-order valence-electron chi connectivity index (χ3n) is 3.06. The van der Waals surface area contributed by atoms with Gasteiger partial charge < -0.3 is 10.2 Å². The number of hydrogen-bond donors (Lipinski definition) is 1. The normalized spacial score (nSPS) is 20.4. The zero-order valence-corrected chi connectivity index (χ0v) is 10.9. The Labute approximate surface area is 107 Å². The van der Waals surface area contributed by atoms with Crippen LogP contribution in [0.25, 0.3) is 0 Å². The van der Waals surface area contributed by atoms with Crippen LogP contribution in [0.4, 0.5) is 0 Å². The number of amides is 1. The second kappa shape index (κ2) is 5.07. The van der Waals surface area contributed by atoms with Gasteiger partial charge in [0.1, 0.15) is 0 Å². The van der Waals surface area contributed by atoms with Crippen molar-refractivity contribution in [1.82, 2.24) is 10.2 Å². The second-order valence-electron chi connectivity index (χ2n) is 4.57. The third-order valence-corrected chi connectivity index (χ3v) is 3.48. The van der Waals surface area contributed by atoms with Crippen molar-refractivity contribution in [2.24, 2.45) is 0 Å². The Morgan fingerprint density at radius 2 is 2.29 bits per heavy atom. The van der Waals surface area contributed by atoms with Gasteiger partial charge >= 0.3 is 0 Å². The van der Waals surface area contributed by atoms with Crippen molar-refractivity contribution in [2.75, 3.05) is 19.6 Å². The molecule has 3 nitrogen and oxygen atoms in total. The molecule has 4 heteroatoms. The monoisotopic (exact) mass is 252 g/mol. The van der Waals surface area contributed by atoms with Crippen LogP contribution in [-0.4, -0.2) is 36.5 Å². The van der Waals surface area contributed by atoms with Crippen molar-refractivity contribution in [3.63, 3.8) is 0 Å². The summed E-state index contributed by atoms with van der Waals surface area (Å²) in [4.78, 5) is 14.2. The Morgan fingerprint density at radius 3 is 2.94 bits per heavy atom. The molecule has 1 heterocycles. The van der Waals surface area contributed by atoms with Gasteiger partial charge in [-0.05, 0) is 37.6 Å². The van der Waals surface area contributed by atoms with Gasteiger partial charge in [-0.2, -0.15) is 0 Å². The molecule has 1 aliphatic rings. The molecule has 1 amide bonds. The molecule has 1 saturated heterocycles. The van der Waals surface area contributed by atoms with Crippen LogP contribution in [-0.2, 0) is 0 Å². The van der Waals surface area contributed by atoms with Gasteiger partial charge in [0.05, 0.1) is 0 Å². The third kappa shape index (κ3) is 2.79. The molecule has 1 aliphatic heterocycles. The molecule has 0 spiro atoms. The summed E-state index contributed by atoms with van der Waals surface area (Å²) in [5, 5.41) is 4.03. The lowest BCUT2D eigenvalue weighted by Gasteiger charge is -2.32. The molecule has 1 atom stereocenters. The van der Waals surface area contributed by atoms with Crippen molar-refractivity contribution < 1.29 is 4.79 Å². The number of carbonyl (C=O) groups excluding carboxylic acids is 1. The van der Waals surface area contributed by atoms with Crippen LogP contribution in [0, 0.1) is 6.92 Å². The molecule has 17 heavy (non-hydrogen) atoms. The maximum Gasteiger partial charge on any atom is 0.253 e. The number of piperazine rings is 1. The van der Waals surface area contributed by atoms with Gasteiger partial charge in [0.15, 0.2) is 0 Å². The van der Waals surface area contributed by atoms with Crippen LogP contribution in [0.3, 0.4) is 0 Å². The zero-order valence-electron chi connectivity index (χ0n) is 10.2. The Hall–Kier alpha value is -1.06. The Morgan fingerprint density at radius 1 is 1.53 bits per heavy atom. The number of halogens is 1. The van der Waals surface area contributed by atoms with Gasteiger partial charge in [0.25, 0.3) is 5.91 Å². The number of rotatable bonds is 1. The first-order valence-corrected chi connectivity index (χ1v) is 6.24. The summed E-state index contributed by atoms with van der Waals surface area (Å²) in [5.74, 6) is 0.0955. The predicted octanol–water partition coefficient (Wildman–Crippen LogP) is 2.08. The standard InChI is InChI=1S/C13H17ClN2O/c1-9-7-11(3-4-12(9)14)13(17)16-6-5-15-10(2)8-16/h3-4,7,10,15H,5-6,8H2,1-2H3. The van der Waals surface area contributed by atoms with Gasteiger partial charge in [-0.1, -0.05) is 11.6 Å². The molecule has 92 valence electrons.